The first-order valence-corrected chi connectivity index (χ1v) is 8.00. The van der Waals surface area contributed by atoms with Gasteiger partial charge in [0.15, 0.2) is 0 Å². The van der Waals surface area contributed by atoms with E-state index >= 15 is 0 Å². The molecule has 118 valence electrons. The lowest BCUT2D eigenvalue weighted by Gasteiger charge is -2.18. The molecule has 3 N–H and O–H groups in total. The van der Waals surface area contributed by atoms with E-state index in [9.17, 15) is 18.5 Å². The molecule has 1 aromatic carbocycles. The molecule has 0 heterocycles. The number of nitrogens with zero attached hydrogens (tertiary/aromatic N) is 2. The van der Waals surface area contributed by atoms with E-state index in [0.29, 0.717) is 6.54 Å². The molecule has 0 aromatic heterocycles. The molecule has 0 atom stereocenters. The van der Waals surface area contributed by atoms with E-state index < -0.39 is 14.9 Å². The number of hydrogen-bond donors (Lipinski definition) is 2. The van der Waals surface area contributed by atoms with Gasteiger partial charge in [0.2, 0.25) is 10.0 Å². The zero-order valence-electron chi connectivity index (χ0n) is 12.1. The highest BCUT2D eigenvalue weighted by Crippen LogP contribution is 2.28. The Labute approximate surface area is 124 Å². The highest BCUT2D eigenvalue weighted by Gasteiger charge is 2.26. The summed E-state index contributed by atoms with van der Waals surface area (Å²) in [6.07, 6.45) is 2.61. The number of non-ortho nitro benzene ring substituents is 1. The van der Waals surface area contributed by atoms with Crippen LogP contribution in [0.4, 0.5) is 11.4 Å². The van der Waals surface area contributed by atoms with Gasteiger partial charge in [-0.25, -0.2) is 12.7 Å². The maximum absolute atomic E-state index is 12.5. The van der Waals surface area contributed by atoms with Crippen molar-refractivity contribution in [2.45, 2.75) is 31.1 Å². The normalized spacial score (nSPS) is 11.6. The van der Waals surface area contributed by atoms with Gasteiger partial charge in [0.25, 0.3) is 5.69 Å². The summed E-state index contributed by atoms with van der Waals surface area (Å²) in [5, 5.41) is 10.8. The number of hydrazine groups is 1. The standard InChI is InChI=1S/C12H20N4O4S/c1-3-4-5-8-15(2)21(19,20)12-9-10(16(17)18)6-7-11(12)14-13/h6-7,9,14H,3-5,8,13H2,1-2H3. The molecule has 0 saturated carbocycles. The van der Waals surface area contributed by atoms with Gasteiger partial charge < -0.3 is 5.43 Å². The van der Waals surface area contributed by atoms with Gasteiger partial charge >= 0.3 is 0 Å². The number of unbranched alkanes of at least 4 members (excludes halogenated alkanes) is 2. The van der Waals surface area contributed by atoms with Crippen LogP contribution in [-0.2, 0) is 10.0 Å². The number of nitro groups is 1. The third-order valence-electron chi connectivity index (χ3n) is 3.10. The first-order chi connectivity index (χ1) is 9.84. The lowest BCUT2D eigenvalue weighted by Crippen LogP contribution is -2.29. The largest absolute Gasteiger partial charge is 0.323 e. The zero-order chi connectivity index (χ0) is 16.0. The molecule has 1 rings (SSSR count). The van der Waals surface area contributed by atoms with Crippen LogP contribution in [0.5, 0.6) is 0 Å². The Balaban J connectivity index is 3.16. The number of nitro benzene ring substituents is 1. The highest BCUT2D eigenvalue weighted by atomic mass is 32.2. The molecule has 0 saturated heterocycles. The minimum atomic E-state index is -3.83. The van der Waals surface area contributed by atoms with E-state index in [1.807, 2.05) is 6.92 Å². The Morgan fingerprint density at radius 2 is 2.05 bits per heavy atom. The molecule has 0 amide bonds. The molecule has 0 aliphatic heterocycles. The van der Waals surface area contributed by atoms with Gasteiger partial charge in [-0.05, 0) is 12.5 Å². The molecule has 1 aromatic rings. The Morgan fingerprint density at radius 3 is 2.57 bits per heavy atom. The molecule has 0 radical (unpaired) electrons. The number of anilines is 1. The monoisotopic (exact) mass is 316 g/mol. The van der Waals surface area contributed by atoms with Crippen molar-refractivity contribution >= 4 is 21.4 Å². The maximum Gasteiger partial charge on any atom is 0.270 e. The number of sulfonamides is 1. The summed E-state index contributed by atoms with van der Waals surface area (Å²) < 4.78 is 26.2. The number of hydrogen-bond acceptors (Lipinski definition) is 6. The number of nitrogens with two attached hydrogens (primary N) is 1. The van der Waals surface area contributed by atoms with Crippen LogP contribution in [0.3, 0.4) is 0 Å². The Kier molecular flexibility index (Phi) is 6.06. The van der Waals surface area contributed by atoms with Gasteiger partial charge in [-0.15, -0.1) is 0 Å². The summed E-state index contributed by atoms with van der Waals surface area (Å²) in [4.78, 5) is 9.97. The molecule has 0 unspecified atom stereocenters. The van der Waals surface area contributed by atoms with Crippen LogP contribution in [0.1, 0.15) is 26.2 Å². The average molecular weight is 316 g/mol. The van der Waals surface area contributed by atoms with Crippen LogP contribution in [0, 0.1) is 10.1 Å². The minimum Gasteiger partial charge on any atom is -0.323 e. The van der Waals surface area contributed by atoms with Crippen molar-refractivity contribution in [3.8, 4) is 0 Å². The second-order valence-electron chi connectivity index (χ2n) is 4.62. The van der Waals surface area contributed by atoms with Crippen LogP contribution in [0.15, 0.2) is 23.1 Å². The molecule has 0 bridgehead atoms. The molecular formula is C12H20N4O4S. The maximum atomic E-state index is 12.5. The Hall–Kier alpha value is -1.71. The molecular weight excluding hydrogens is 296 g/mol. The van der Waals surface area contributed by atoms with Gasteiger partial charge in [-0.3, -0.25) is 16.0 Å². The van der Waals surface area contributed by atoms with Crippen molar-refractivity contribution in [1.82, 2.24) is 4.31 Å². The molecule has 0 spiro atoms. The Morgan fingerprint density at radius 1 is 1.38 bits per heavy atom. The SMILES string of the molecule is CCCCCN(C)S(=O)(=O)c1cc([N+](=O)[O-])ccc1NN. The van der Waals surface area contributed by atoms with E-state index in [1.165, 1.54) is 23.5 Å². The number of nitrogen functional groups attached to an aromatic ring is 1. The highest BCUT2D eigenvalue weighted by molar-refractivity contribution is 7.89. The van der Waals surface area contributed by atoms with Gasteiger partial charge in [0.05, 0.1) is 10.6 Å². The summed E-state index contributed by atoms with van der Waals surface area (Å²) in [6, 6.07) is 3.50. The number of rotatable bonds is 8. The summed E-state index contributed by atoms with van der Waals surface area (Å²) in [5.41, 5.74) is 2.09. The van der Waals surface area contributed by atoms with E-state index in [4.69, 9.17) is 5.84 Å². The van der Waals surface area contributed by atoms with Crippen LogP contribution < -0.4 is 11.3 Å². The van der Waals surface area contributed by atoms with Crippen LogP contribution >= 0.6 is 0 Å². The number of benzene rings is 1. The van der Waals surface area contributed by atoms with Crippen molar-refractivity contribution in [1.29, 1.82) is 0 Å². The lowest BCUT2D eigenvalue weighted by molar-refractivity contribution is -0.385. The second-order valence-corrected chi connectivity index (χ2v) is 6.63. The third-order valence-corrected chi connectivity index (χ3v) is 4.99. The van der Waals surface area contributed by atoms with Crippen LogP contribution in [0.2, 0.25) is 0 Å². The molecule has 0 aliphatic carbocycles. The van der Waals surface area contributed by atoms with Crippen molar-refractivity contribution in [2.75, 3.05) is 19.0 Å². The molecule has 0 fully saturated rings. The molecule has 0 aliphatic rings. The van der Waals surface area contributed by atoms with Crippen molar-refractivity contribution < 1.29 is 13.3 Å². The van der Waals surface area contributed by atoms with Gasteiger partial charge in [0, 0.05) is 25.7 Å². The molecule has 21 heavy (non-hydrogen) atoms. The lowest BCUT2D eigenvalue weighted by atomic mass is 10.2. The van der Waals surface area contributed by atoms with Crippen LogP contribution in [-0.4, -0.2) is 31.2 Å². The molecule has 8 nitrogen and oxygen atoms in total. The van der Waals surface area contributed by atoms with Gasteiger partial charge in [-0.2, -0.15) is 0 Å². The topological polar surface area (TPSA) is 119 Å². The number of nitrogens with one attached hydrogen (secondary N) is 1. The van der Waals surface area contributed by atoms with Crippen molar-refractivity contribution in [3.63, 3.8) is 0 Å². The first-order valence-electron chi connectivity index (χ1n) is 6.56. The van der Waals surface area contributed by atoms with Crippen molar-refractivity contribution in [3.05, 3.63) is 28.3 Å². The fourth-order valence-corrected chi connectivity index (χ4v) is 3.21. The van der Waals surface area contributed by atoms with E-state index in [0.717, 1.165) is 25.3 Å². The summed E-state index contributed by atoms with van der Waals surface area (Å²) >= 11 is 0. The summed E-state index contributed by atoms with van der Waals surface area (Å²) in [6.45, 7) is 2.37. The average Bonchev–Trinajstić information content (AvgIpc) is 2.46. The smallest absolute Gasteiger partial charge is 0.270 e. The van der Waals surface area contributed by atoms with E-state index in [1.54, 1.807) is 0 Å². The van der Waals surface area contributed by atoms with E-state index in [-0.39, 0.29) is 16.3 Å². The Bertz CT molecular complexity index is 603. The van der Waals surface area contributed by atoms with E-state index in [2.05, 4.69) is 5.43 Å². The minimum absolute atomic E-state index is 0.128. The van der Waals surface area contributed by atoms with Crippen molar-refractivity contribution in [2.24, 2.45) is 5.84 Å². The quantitative estimate of drug-likeness (QED) is 0.326. The van der Waals surface area contributed by atoms with Crippen LogP contribution in [0.25, 0.3) is 0 Å². The first kappa shape index (κ1) is 17.3. The van der Waals surface area contributed by atoms with Gasteiger partial charge in [-0.1, -0.05) is 19.8 Å². The fourth-order valence-electron chi connectivity index (χ4n) is 1.83. The summed E-state index contributed by atoms with van der Waals surface area (Å²) in [5.74, 6) is 5.29. The predicted molar refractivity (Wildman–Crippen MR) is 80.2 cm³/mol. The summed E-state index contributed by atoms with van der Waals surface area (Å²) in [7, 11) is -2.38. The second kappa shape index (κ2) is 7.34. The zero-order valence-corrected chi connectivity index (χ0v) is 12.9. The van der Waals surface area contributed by atoms with Gasteiger partial charge in [0.1, 0.15) is 4.90 Å². The fraction of sp³-hybridized carbons (Fsp3) is 0.500. The third kappa shape index (κ3) is 4.13. The molecule has 9 heteroatoms. The predicted octanol–water partition coefficient (Wildman–Crippen LogP) is 1.69.